The standard InChI is InChI=1S/C10H13ClN2OS/c1-6-9(15-7(2)12-6)10(14)13-4-3-8(11)5-13/h8H,3-5H2,1-2H3. The molecule has 0 aliphatic carbocycles. The Labute approximate surface area is 98.1 Å². The molecule has 1 atom stereocenters. The van der Waals surface area contributed by atoms with Crippen molar-refractivity contribution in [2.45, 2.75) is 25.6 Å². The summed E-state index contributed by atoms with van der Waals surface area (Å²) in [7, 11) is 0. The highest BCUT2D eigenvalue weighted by Crippen LogP contribution is 2.23. The molecule has 2 heterocycles. The summed E-state index contributed by atoms with van der Waals surface area (Å²) in [5, 5.41) is 1.06. The van der Waals surface area contributed by atoms with Gasteiger partial charge < -0.3 is 4.90 Å². The van der Waals surface area contributed by atoms with Gasteiger partial charge in [0.15, 0.2) is 0 Å². The quantitative estimate of drug-likeness (QED) is 0.710. The number of thiazole rings is 1. The van der Waals surface area contributed by atoms with Crippen LogP contribution in [0.4, 0.5) is 0 Å². The molecule has 1 aliphatic rings. The second-order valence-corrected chi connectivity index (χ2v) is 5.60. The summed E-state index contributed by atoms with van der Waals surface area (Å²) < 4.78 is 0. The van der Waals surface area contributed by atoms with E-state index in [0.717, 1.165) is 28.5 Å². The lowest BCUT2D eigenvalue weighted by atomic mass is 10.3. The molecule has 3 nitrogen and oxygen atoms in total. The number of aryl methyl sites for hydroxylation is 2. The van der Waals surface area contributed by atoms with Crippen LogP contribution in [0.1, 0.15) is 26.8 Å². The number of aromatic nitrogens is 1. The maximum absolute atomic E-state index is 12.1. The number of halogens is 1. The number of carbonyl (C=O) groups is 1. The molecule has 1 aromatic heterocycles. The van der Waals surface area contributed by atoms with Gasteiger partial charge in [0.1, 0.15) is 4.88 Å². The monoisotopic (exact) mass is 244 g/mol. The first kappa shape index (κ1) is 10.9. The smallest absolute Gasteiger partial charge is 0.265 e. The summed E-state index contributed by atoms with van der Waals surface area (Å²) in [6, 6.07) is 0. The van der Waals surface area contributed by atoms with Gasteiger partial charge in [0.05, 0.1) is 16.1 Å². The van der Waals surface area contributed by atoms with E-state index in [2.05, 4.69) is 4.98 Å². The highest BCUT2D eigenvalue weighted by atomic mass is 35.5. The van der Waals surface area contributed by atoms with E-state index in [1.54, 1.807) is 0 Å². The van der Waals surface area contributed by atoms with E-state index in [1.807, 2.05) is 18.7 Å². The zero-order chi connectivity index (χ0) is 11.0. The molecule has 0 N–H and O–H groups in total. The van der Waals surface area contributed by atoms with Crippen LogP contribution in [0, 0.1) is 13.8 Å². The molecule has 0 spiro atoms. The third-order valence-corrected chi connectivity index (χ3v) is 3.93. The Morgan fingerprint density at radius 2 is 2.33 bits per heavy atom. The van der Waals surface area contributed by atoms with Gasteiger partial charge in [-0.05, 0) is 20.3 Å². The lowest BCUT2D eigenvalue weighted by Gasteiger charge is -2.14. The molecule has 1 aromatic rings. The topological polar surface area (TPSA) is 33.2 Å². The molecule has 0 aromatic carbocycles. The first-order valence-electron chi connectivity index (χ1n) is 4.95. The van der Waals surface area contributed by atoms with E-state index in [0.29, 0.717) is 6.54 Å². The van der Waals surface area contributed by atoms with Crippen molar-refractivity contribution in [1.82, 2.24) is 9.88 Å². The molecule has 0 saturated carbocycles. The third-order valence-electron chi connectivity index (χ3n) is 2.52. The molecule has 82 valence electrons. The van der Waals surface area contributed by atoms with Crippen LogP contribution in [-0.4, -0.2) is 34.3 Å². The van der Waals surface area contributed by atoms with E-state index >= 15 is 0 Å². The number of rotatable bonds is 1. The fourth-order valence-electron chi connectivity index (χ4n) is 1.78. The largest absolute Gasteiger partial charge is 0.336 e. The first-order chi connectivity index (χ1) is 7.08. The number of carbonyl (C=O) groups excluding carboxylic acids is 1. The zero-order valence-corrected chi connectivity index (χ0v) is 10.4. The van der Waals surface area contributed by atoms with Gasteiger partial charge in [0.2, 0.25) is 0 Å². The van der Waals surface area contributed by atoms with Crippen molar-refractivity contribution < 1.29 is 4.79 Å². The average Bonchev–Trinajstić information content (AvgIpc) is 2.71. The van der Waals surface area contributed by atoms with E-state index < -0.39 is 0 Å². The highest BCUT2D eigenvalue weighted by Gasteiger charge is 2.27. The number of nitrogens with zero attached hydrogens (tertiary/aromatic N) is 2. The summed E-state index contributed by atoms with van der Waals surface area (Å²) in [6.07, 6.45) is 0.893. The lowest BCUT2D eigenvalue weighted by Crippen LogP contribution is -2.28. The van der Waals surface area contributed by atoms with E-state index in [-0.39, 0.29) is 11.3 Å². The summed E-state index contributed by atoms with van der Waals surface area (Å²) >= 11 is 7.44. The van der Waals surface area contributed by atoms with Crippen molar-refractivity contribution in [1.29, 1.82) is 0 Å². The summed E-state index contributed by atoms with van der Waals surface area (Å²) in [6.45, 7) is 5.23. The zero-order valence-electron chi connectivity index (χ0n) is 8.79. The highest BCUT2D eigenvalue weighted by molar-refractivity contribution is 7.13. The van der Waals surface area contributed by atoms with Gasteiger partial charge >= 0.3 is 0 Å². The van der Waals surface area contributed by atoms with Gasteiger partial charge in [-0.2, -0.15) is 0 Å². The molecule has 2 rings (SSSR count). The molecule has 0 bridgehead atoms. The predicted molar refractivity (Wildman–Crippen MR) is 61.7 cm³/mol. The number of hydrogen-bond acceptors (Lipinski definition) is 3. The van der Waals surface area contributed by atoms with Crippen molar-refractivity contribution in [3.63, 3.8) is 0 Å². The first-order valence-corrected chi connectivity index (χ1v) is 6.20. The third kappa shape index (κ3) is 2.16. The molecule has 15 heavy (non-hydrogen) atoms. The van der Waals surface area contributed by atoms with Gasteiger partial charge in [-0.3, -0.25) is 4.79 Å². The normalized spacial score (nSPS) is 21.0. The van der Waals surface area contributed by atoms with Crippen LogP contribution >= 0.6 is 22.9 Å². The lowest BCUT2D eigenvalue weighted by molar-refractivity contribution is 0.0797. The summed E-state index contributed by atoms with van der Waals surface area (Å²) in [5.41, 5.74) is 0.834. The number of hydrogen-bond donors (Lipinski definition) is 0. The van der Waals surface area contributed by atoms with Gasteiger partial charge in [-0.25, -0.2) is 4.98 Å². The molecule has 1 fully saturated rings. The molecule has 1 amide bonds. The van der Waals surface area contributed by atoms with Crippen molar-refractivity contribution in [3.05, 3.63) is 15.6 Å². The predicted octanol–water partition coefficient (Wildman–Crippen LogP) is 2.21. The minimum atomic E-state index is 0.0845. The number of alkyl halides is 1. The molecule has 1 saturated heterocycles. The summed E-state index contributed by atoms with van der Waals surface area (Å²) in [5.74, 6) is 0.0845. The van der Waals surface area contributed by atoms with Gasteiger partial charge in [-0.1, -0.05) is 0 Å². The van der Waals surface area contributed by atoms with E-state index in [4.69, 9.17) is 11.6 Å². The van der Waals surface area contributed by atoms with Gasteiger partial charge in [0, 0.05) is 13.1 Å². The van der Waals surface area contributed by atoms with Crippen LogP contribution in [0.25, 0.3) is 0 Å². The van der Waals surface area contributed by atoms with Crippen LogP contribution in [-0.2, 0) is 0 Å². The fourth-order valence-corrected chi connectivity index (χ4v) is 2.93. The molecular weight excluding hydrogens is 232 g/mol. The van der Waals surface area contributed by atoms with Crippen LogP contribution < -0.4 is 0 Å². The van der Waals surface area contributed by atoms with Crippen LogP contribution in [0.15, 0.2) is 0 Å². The second-order valence-electron chi connectivity index (χ2n) is 3.78. The van der Waals surface area contributed by atoms with E-state index in [1.165, 1.54) is 11.3 Å². The second kappa shape index (κ2) is 4.10. The number of amides is 1. The van der Waals surface area contributed by atoms with Crippen LogP contribution in [0.2, 0.25) is 0 Å². The maximum atomic E-state index is 12.1. The Morgan fingerprint density at radius 3 is 2.80 bits per heavy atom. The Bertz CT molecular complexity index is 391. The molecule has 1 aliphatic heterocycles. The Balaban J connectivity index is 2.17. The molecule has 1 unspecified atom stereocenters. The average molecular weight is 245 g/mol. The van der Waals surface area contributed by atoms with Crippen molar-refractivity contribution >= 4 is 28.8 Å². The fraction of sp³-hybridized carbons (Fsp3) is 0.600. The molecular formula is C10H13ClN2OS. The SMILES string of the molecule is Cc1nc(C)c(C(=O)N2CCC(Cl)C2)s1. The summed E-state index contributed by atoms with van der Waals surface area (Å²) in [4.78, 5) is 18.9. The van der Waals surface area contributed by atoms with Crippen molar-refractivity contribution in [3.8, 4) is 0 Å². The Kier molecular flexibility index (Phi) is 2.98. The Hall–Kier alpha value is -0.610. The van der Waals surface area contributed by atoms with Gasteiger partial charge in [0.25, 0.3) is 5.91 Å². The van der Waals surface area contributed by atoms with Crippen LogP contribution in [0.5, 0.6) is 0 Å². The minimum absolute atomic E-state index is 0.0845. The number of likely N-dealkylation sites (tertiary alicyclic amines) is 1. The van der Waals surface area contributed by atoms with Crippen molar-refractivity contribution in [2.24, 2.45) is 0 Å². The minimum Gasteiger partial charge on any atom is -0.336 e. The maximum Gasteiger partial charge on any atom is 0.265 e. The Morgan fingerprint density at radius 1 is 1.60 bits per heavy atom. The van der Waals surface area contributed by atoms with Crippen LogP contribution in [0.3, 0.4) is 0 Å². The molecule has 0 radical (unpaired) electrons. The van der Waals surface area contributed by atoms with E-state index in [9.17, 15) is 4.79 Å². The van der Waals surface area contributed by atoms with Gasteiger partial charge in [-0.15, -0.1) is 22.9 Å². The molecule has 5 heteroatoms. The van der Waals surface area contributed by atoms with Crippen molar-refractivity contribution in [2.75, 3.05) is 13.1 Å².